The Balaban J connectivity index is 1.97. The van der Waals surface area contributed by atoms with Crippen molar-refractivity contribution in [3.05, 3.63) is 59.7 Å². The summed E-state index contributed by atoms with van der Waals surface area (Å²) in [7, 11) is 3.97. The first-order valence-corrected chi connectivity index (χ1v) is 6.96. The molecule has 2 aromatic rings. The number of nitrogens with zero attached hydrogens (tertiary/aromatic N) is 2. The summed E-state index contributed by atoms with van der Waals surface area (Å²) in [5.41, 5.74) is 6.10. The largest absolute Gasteiger partial charge is 0.388 e. The first-order valence-electron chi connectivity index (χ1n) is 6.96. The van der Waals surface area contributed by atoms with Crippen molar-refractivity contribution >= 4 is 17.1 Å². The Morgan fingerprint density at radius 2 is 1.80 bits per heavy atom. The van der Waals surface area contributed by atoms with Crippen LogP contribution in [0.5, 0.6) is 0 Å². The number of para-hydroxylation sites is 1. The molecule has 3 heteroatoms. The van der Waals surface area contributed by atoms with Crippen molar-refractivity contribution in [2.75, 3.05) is 24.4 Å². The lowest BCUT2D eigenvalue weighted by molar-refractivity contribution is 0.996. The molecular formula is C17H19N3. The SMILES string of the molecule is CNc1cccc2c1/C(=N/N(C)c1ccccc1)CC2. The van der Waals surface area contributed by atoms with Crippen molar-refractivity contribution in [1.82, 2.24) is 0 Å². The van der Waals surface area contributed by atoms with Crippen LogP contribution in [0.2, 0.25) is 0 Å². The molecule has 0 fully saturated rings. The fourth-order valence-electron chi connectivity index (χ4n) is 2.72. The monoisotopic (exact) mass is 265 g/mol. The van der Waals surface area contributed by atoms with E-state index < -0.39 is 0 Å². The Bertz CT molecular complexity index is 632. The molecular weight excluding hydrogens is 246 g/mol. The predicted molar refractivity (Wildman–Crippen MR) is 85.7 cm³/mol. The van der Waals surface area contributed by atoms with Crippen LogP contribution in [0.15, 0.2) is 53.6 Å². The Morgan fingerprint density at radius 3 is 2.55 bits per heavy atom. The molecule has 0 atom stereocenters. The number of rotatable bonds is 3. The van der Waals surface area contributed by atoms with Crippen LogP contribution >= 0.6 is 0 Å². The smallest absolute Gasteiger partial charge is 0.0708 e. The summed E-state index contributed by atoms with van der Waals surface area (Å²) in [5.74, 6) is 0. The van der Waals surface area contributed by atoms with Crippen molar-refractivity contribution < 1.29 is 0 Å². The number of nitrogens with one attached hydrogen (secondary N) is 1. The minimum atomic E-state index is 1.01. The average Bonchev–Trinajstić information content (AvgIpc) is 2.91. The van der Waals surface area contributed by atoms with E-state index >= 15 is 0 Å². The number of aryl methyl sites for hydroxylation is 1. The Labute approximate surface area is 119 Å². The van der Waals surface area contributed by atoms with Gasteiger partial charge < -0.3 is 5.32 Å². The van der Waals surface area contributed by atoms with E-state index in [2.05, 4.69) is 35.6 Å². The zero-order chi connectivity index (χ0) is 13.9. The molecule has 2 aromatic carbocycles. The van der Waals surface area contributed by atoms with Gasteiger partial charge in [-0.3, -0.25) is 5.01 Å². The standard InChI is InChI=1S/C17H19N3/c1-18-15-10-6-7-13-11-12-16(17(13)15)19-20(2)14-8-4-3-5-9-14/h3-10,18H,11-12H2,1-2H3/b19-16+. The van der Waals surface area contributed by atoms with Crippen molar-refractivity contribution in [3.8, 4) is 0 Å². The molecule has 0 aliphatic heterocycles. The molecule has 0 amide bonds. The van der Waals surface area contributed by atoms with Gasteiger partial charge in [-0.1, -0.05) is 30.3 Å². The van der Waals surface area contributed by atoms with E-state index in [1.807, 2.05) is 37.3 Å². The molecule has 0 saturated carbocycles. The molecule has 0 heterocycles. The molecule has 1 aliphatic carbocycles. The van der Waals surface area contributed by atoms with E-state index in [1.54, 1.807) is 0 Å². The van der Waals surface area contributed by atoms with Gasteiger partial charge in [-0.2, -0.15) is 5.10 Å². The summed E-state index contributed by atoms with van der Waals surface area (Å²) in [5, 5.41) is 10.0. The predicted octanol–water partition coefficient (Wildman–Crippen LogP) is 3.52. The van der Waals surface area contributed by atoms with Crippen LogP contribution in [0.3, 0.4) is 0 Å². The zero-order valence-corrected chi connectivity index (χ0v) is 11.9. The zero-order valence-electron chi connectivity index (χ0n) is 11.9. The molecule has 102 valence electrons. The maximum Gasteiger partial charge on any atom is 0.0708 e. The number of benzene rings is 2. The number of hydrogen-bond donors (Lipinski definition) is 1. The normalized spacial score (nSPS) is 15.2. The molecule has 0 spiro atoms. The average molecular weight is 265 g/mol. The van der Waals surface area contributed by atoms with Crippen LogP contribution in [-0.2, 0) is 6.42 Å². The minimum absolute atomic E-state index is 1.01. The maximum atomic E-state index is 4.81. The van der Waals surface area contributed by atoms with Gasteiger partial charge in [0.05, 0.1) is 11.4 Å². The summed E-state index contributed by atoms with van der Waals surface area (Å²) in [6.07, 6.45) is 2.08. The minimum Gasteiger partial charge on any atom is -0.388 e. The summed E-state index contributed by atoms with van der Waals surface area (Å²) in [6.45, 7) is 0. The lowest BCUT2D eigenvalue weighted by Gasteiger charge is -2.15. The highest BCUT2D eigenvalue weighted by molar-refractivity contribution is 6.09. The van der Waals surface area contributed by atoms with Gasteiger partial charge in [0.2, 0.25) is 0 Å². The molecule has 1 aliphatic rings. The van der Waals surface area contributed by atoms with Gasteiger partial charge in [-0.25, -0.2) is 0 Å². The molecule has 3 rings (SSSR count). The second-order valence-electron chi connectivity index (χ2n) is 5.00. The van der Waals surface area contributed by atoms with E-state index in [4.69, 9.17) is 5.10 Å². The first-order chi connectivity index (χ1) is 9.79. The maximum absolute atomic E-state index is 4.81. The van der Waals surface area contributed by atoms with Gasteiger partial charge in [-0.15, -0.1) is 0 Å². The molecule has 0 saturated heterocycles. The molecule has 0 bridgehead atoms. The van der Waals surface area contributed by atoms with Crippen molar-refractivity contribution in [3.63, 3.8) is 0 Å². The van der Waals surface area contributed by atoms with Gasteiger partial charge in [-0.05, 0) is 36.6 Å². The van der Waals surface area contributed by atoms with Gasteiger partial charge in [0.15, 0.2) is 0 Å². The molecule has 20 heavy (non-hydrogen) atoms. The van der Waals surface area contributed by atoms with E-state index in [1.165, 1.54) is 16.8 Å². The number of hydrazone groups is 1. The van der Waals surface area contributed by atoms with Crippen molar-refractivity contribution in [2.45, 2.75) is 12.8 Å². The fraction of sp³-hybridized carbons (Fsp3) is 0.235. The Hall–Kier alpha value is -2.29. The third kappa shape index (κ3) is 2.27. The van der Waals surface area contributed by atoms with Crippen molar-refractivity contribution in [1.29, 1.82) is 0 Å². The Morgan fingerprint density at radius 1 is 1.00 bits per heavy atom. The van der Waals surface area contributed by atoms with E-state index in [9.17, 15) is 0 Å². The van der Waals surface area contributed by atoms with Gasteiger partial charge in [0, 0.05) is 25.3 Å². The summed E-state index contributed by atoms with van der Waals surface area (Å²) in [4.78, 5) is 0. The molecule has 1 N–H and O–H groups in total. The number of anilines is 2. The first kappa shape index (κ1) is 12.7. The third-order valence-electron chi connectivity index (χ3n) is 3.74. The fourth-order valence-corrected chi connectivity index (χ4v) is 2.72. The molecule has 0 radical (unpaired) electrons. The van der Waals surface area contributed by atoms with Gasteiger partial charge in [0.25, 0.3) is 0 Å². The number of fused-ring (bicyclic) bond motifs is 1. The highest BCUT2D eigenvalue weighted by Crippen LogP contribution is 2.29. The molecule has 3 nitrogen and oxygen atoms in total. The summed E-state index contributed by atoms with van der Waals surface area (Å²) < 4.78 is 0. The van der Waals surface area contributed by atoms with Gasteiger partial charge in [0.1, 0.15) is 0 Å². The molecule has 0 aromatic heterocycles. The summed E-state index contributed by atoms with van der Waals surface area (Å²) in [6, 6.07) is 16.7. The van der Waals surface area contributed by atoms with E-state index in [0.717, 1.165) is 24.2 Å². The second kappa shape index (κ2) is 5.37. The van der Waals surface area contributed by atoms with E-state index in [-0.39, 0.29) is 0 Å². The second-order valence-corrected chi connectivity index (χ2v) is 5.00. The van der Waals surface area contributed by atoms with Crippen LogP contribution in [0.25, 0.3) is 0 Å². The Kier molecular flexibility index (Phi) is 3.42. The van der Waals surface area contributed by atoms with Crippen LogP contribution in [0.4, 0.5) is 11.4 Å². The molecule has 0 unspecified atom stereocenters. The highest BCUT2D eigenvalue weighted by atomic mass is 15.4. The lowest BCUT2D eigenvalue weighted by atomic mass is 10.1. The van der Waals surface area contributed by atoms with Crippen molar-refractivity contribution in [2.24, 2.45) is 5.10 Å². The third-order valence-corrected chi connectivity index (χ3v) is 3.74. The van der Waals surface area contributed by atoms with Crippen LogP contribution in [0.1, 0.15) is 17.5 Å². The van der Waals surface area contributed by atoms with Gasteiger partial charge >= 0.3 is 0 Å². The van der Waals surface area contributed by atoms with Crippen LogP contribution < -0.4 is 10.3 Å². The summed E-state index contributed by atoms with van der Waals surface area (Å²) >= 11 is 0. The number of hydrogen-bond acceptors (Lipinski definition) is 3. The topological polar surface area (TPSA) is 27.6 Å². The van der Waals surface area contributed by atoms with E-state index in [0.29, 0.717) is 0 Å². The quantitative estimate of drug-likeness (QED) is 0.860. The van der Waals surface area contributed by atoms with Crippen LogP contribution in [0, 0.1) is 0 Å². The van der Waals surface area contributed by atoms with Crippen LogP contribution in [-0.4, -0.2) is 19.8 Å². The lowest BCUT2D eigenvalue weighted by Crippen LogP contribution is -2.13. The highest BCUT2D eigenvalue weighted by Gasteiger charge is 2.21.